The zero-order valence-corrected chi connectivity index (χ0v) is 12.7. The first kappa shape index (κ1) is 14.2. The number of nitrogens with zero attached hydrogens (tertiary/aromatic N) is 3. The summed E-state index contributed by atoms with van der Waals surface area (Å²) in [6.07, 6.45) is 3.22. The first-order valence-corrected chi connectivity index (χ1v) is 7.52. The maximum atomic E-state index is 12.4. The highest BCUT2D eigenvalue weighted by Crippen LogP contribution is 2.17. The van der Waals surface area contributed by atoms with Crippen LogP contribution in [0.15, 0.2) is 71.5 Å². The van der Waals surface area contributed by atoms with Gasteiger partial charge in [-0.2, -0.15) is 5.10 Å². The fourth-order valence-electron chi connectivity index (χ4n) is 2.48. The van der Waals surface area contributed by atoms with Gasteiger partial charge in [-0.25, -0.2) is 9.50 Å². The number of nitrogens with one attached hydrogen (secondary N) is 1. The summed E-state index contributed by atoms with van der Waals surface area (Å²) in [7, 11) is 0. The number of carbonyl (C=O) groups is 1. The Balaban J connectivity index is 1.48. The fraction of sp³-hybridized carbons (Fsp3) is 0.0556. The number of oxazole rings is 1. The number of aromatic nitrogens is 3. The molecule has 0 fully saturated rings. The van der Waals surface area contributed by atoms with Gasteiger partial charge in [-0.1, -0.05) is 24.3 Å². The minimum Gasteiger partial charge on any atom is -0.444 e. The molecule has 4 aromatic rings. The second-order valence-corrected chi connectivity index (χ2v) is 5.27. The van der Waals surface area contributed by atoms with Gasteiger partial charge in [0, 0.05) is 5.56 Å². The van der Waals surface area contributed by atoms with Gasteiger partial charge in [-0.15, -0.1) is 0 Å². The van der Waals surface area contributed by atoms with Gasteiger partial charge < -0.3 is 9.73 Å². The van der Waals surface area contributed by atoms with E-state index in [-0.39, 0.29) is 12.5 Å². The normalized spacial score (nSPS) is 10.8. The van der Waals surface area contributed by atoms with Crippen LogP contribution < -0.4 is 5.32 Å². The molecule has 1 amide bonds. The Bertz CT molecular complexity index is 988. The molecule has 0 aliphatic carbocycles. The molecule has 6 heteroatoms. The van der Waals surface area contributed by atoms with Crippen LogP contribution in [0.5, 0.6) is 0 Å². The Morgan fingerprint density at radius 3 is 2.83 bits per heavy atom. The van der Waals surface area contributed by atoms with E-state index in [2.05, 4.69) is 15.4 Å². The Kier molecular flexibility index (Phi) is 3.55. The molecular weight excluding hydrogens is 304 g/mol. The largest absolute Gasteiger partial charge is 0.444 e. The maximum absolute atomic E-state index is 12.4. The van der Waals surface area contributed by atoms with Gasteiger partial charge in [-0.3, -0.25) is 4.79 Å². The average Bonchev–Trinajstić information content (AvgIpc) is 3.29. The Labute approximate surface area is 137 Å². The van der Waals surface area contributed by atoms with E-state index in [0.717, 1.165) is 11.1 Å². The summed E-state index contributed by atoms with van der Waals surface area (Å²) >= 11 is 0. The van der Waals surface area contributed by atoms with E-state index in [1.54, 1.807) is 23.0 Å². The number of amides is 1. The third-order valence-corrected chi connectivity index (χ3v) is 3.66. The summed E-state index contributed by atoms with van der Waals surface area (Å²) in [5, 5.41) is 7.00. The van der Waals surface area contributed by atoms with E-state index in [4.69, 9.17) is 4.42 Å². The van der Waals surface area contributed by atoms with E-state index < -0.39 is 0 Å². The van der Waals surface area contributed by atoms with E-state index in [1.807, 2.05) is 48.5 Å². The standard InChI is InChI=1S/C18H14N4O2/c23-17(16-8-4-7-15-9-10-20-22(15)16)19-11-14-12-24-18(21-14)13-5-2-1-3-6-13/h1-10,12H,11H2,(H,19,23). The van der Waals surface area contributed by atoms with Crippen molar-refractivity contribution in [3.8, 4) is 11.5 Å². The number of benzene rings is 1. The molecule has 0 aliphatic rings. The number of pyridine rings is 1. The molecule has 1 N–H and O–H groups in total. The molecule has 3 heterocycles. The Morgan fingerprint density at radius 2 is 1.96 bits per heavy atom. The van der Waals surface area contributed by atoms with Crippen LogP contribution in [0.1, 0.15) is 16.2 Å². The first-order chi connectivity index (χ1) is 11.8. The number of hydrogen-bond donors (Lipinski definition) is 1. The lowest BCUT2D eigenvalue weighted by molar-refractivity contribution is 0.0943. The summed E-state index contributed by atoms with van der Waals surface area (Å²) in [4.78, 5) is 16.8. The van der Waals surface area contributed by atoms with Crippen molar-refractivity contribution in [1.29, 1.82) is 0 Å². The lowest BCUT2D eigenvalue weighted by Gasteiger charge is -2.05. The molecule has 0 unspecified atom stereocenters. The van der Waals surface area contributed by atoms with E-state index in [9.17, 15) is 4.79 Å². The lowest BCUT2D eigenvalue weighted by Crippen LogP contribution is -2.25. The van der Waals surface area contributed by atoms with Crippen molar-refractivity contribution < 1.29 is 9.21 Å². The fourth-order valence-corrected chi connectivity index (χ4v) is 2.48. The van der Waals surface area contributed by atoms with Crippen LogP contribution in [0.3, 0.4) is 0 Å². The van der Waals surface area contributed by atoms with Crippen molar-refractivity contribution in [3.05, 3.63) is 78.4 Å². The molecule has 0 saturated heterocycles. The smallest absolute Gasteiger partial charge is 0.270 e. The molecule has 0 spiro atoms. The Morgan fingerprint density at radius 1 is 1.08 bits per heavy atom. The quantitative estimate of drug-likeness (QED) is 0.628. The molecule has 24 heavy (non-hydrogen) atoms. The third kappa shape index (κ3) is 2.65. The molecule has 1 aromatic carbocycles. The van der Waals surface area contributed by atoms with E-state index in [1.165, 1.54) is 0 Å². The van der Waals surface area contributed by atoms with Crippen LogP contribution in [0, 0.1) is 0 Å². The molecule has 4 rings (SSSR count). The predicted molar refractivity (Wildman–Crippen MR) is 88.3 cm³/mol. The zero-order chi connectivity index (χ0) is 16.4. The van der Waals surface area contributed by atoms with Gasteiger partial charge >= 0.3 is 0 Å². The van der Waals surface area contributed by atoms with Gasteiger partial charge in [-0.05, 0) is 30.3 Å². The van der Waals surface area contributed by atoms with Crippen LogP contribution in [-0.4, -0.2) is 20.5 Å². The highest BCUT2D eigenvalue weighted by atomic mass is 16.3. The number of carbonyl (C=O) groups excluding carboxylic acids is 1. The third-order valence-electron chi connectivity index (χ3n) is 3.66. The molecule has 0 saturated carbocycles. The topological polar surface area (TPSA) is 72.4 Å². The molecule has 0 aliphatic heterocycles. The van der Waals surface area contributed by atoms with Gasteiger partial charge in [0.1, 0.15) is 12.0 Å². The summed E-state index contributed by atoms with van der Waals surface area (Å²) in [6.45, 7) is 0.285. The molecule has 0 atom stereocenters. The van der Waals surface area contributed by atoms with Gasteiger partial charge in [0.2, 0.25) is 5.89 Å². The predicted octanol–water partition coefficient (Wildman–Crippen LogP) is 2.92. The highest BCUT2D eigenvalue weighted by molar-refractivity contribution is 5.93. The summed E-state index contributed by atoms with van der Waals surface area (Å²) in [6, 6.07) is 16.9. The molecular formula is C18H14N4O2. The van der Waals surface area contributed by atoms with Crippen molar-refractivity contribution in [1.82, 2.24) is 19.9 Å². The van der Waals surface area contributed by atoms with E-state index in [0.29, 0.717) is 17.3 Å². The van der Waals surface area contributed by atoms with Crippen molar-refractivity contribution in [2.75, 3.05) is 0 Å². The second-order valence-electron chi connectivity index (χ2n) is 5.27. The first-order valence-electron chi connectivity index (χ1n) is 7.52. The van der Waals surface area contributed by atoms with Gasteiger partial charge in [0.15, 0.2) is 0 Å². The van der Waals surface area contributed by atoms with Gasteiger partial charge in [0.05, 0.1) is 24.0 Å². The maximum Gasteiger partial charge on any atom is 0.270 e. The summed E-state index contributed by atoms with van der Waals surface area (Å²) in [5.74, 6) is 0.322. The van der Waals surface area contributed by atoms with Crippen molar-refractivity contribution >= 4 is 11.4 Å². The zero-order valence-electron chi connectivity index (χ0n) is 12.7. The van der Waals surface area contributed by atoms with Crippen molar-refractivity contribution in [2.45, 2.75) is 6.54 Å². The van der Waals surface area contributed by atoms with Crippen LogP contribution in [-0.2, 0) is 6.54 Å². The number of fused-ring (bicyclic) bond motifs is 1. The van der Waals surface area contributed by atoms with Crippen LogP contribution in [0.4, 0.5) is 0 Å². The van der Waals surface area contributed by atoms with Crippen LogP contribution in [0.25, 0.3) is 17.0 Å². The average molecular weight is 318 g/mol. The van der Waals surface area contributed by atoms with Crippen molar-refractivity contribution in [3.63, 3.8) is 0 Å². The van der Waals surface area contributed by atoms with Crippen molar-refractivity contribution in [2.24, 2.45) is 0 Å². The molecule has 0 radical (unpaired) electrons. The van der Waals surface area contributed by atoms with Gasteiger partial charge in [0.25, 0.3) is 5.91 Å². The minimum absolute atomic E-state index is 0.214. The Hall–Kier alpha value is -3.41. The number of rotatable bonds is 4. The summed E-state index contributed by atoms with van der Waals surface area (Å²) in [5.41, 5.74) is 2.91. The molecule has 3 aromatic heterocycles. The lowest BCUT2D eigenvalue weighted by atomic mass is 10.2. The molecule has 118 valence electrons. The highest BCUT2D eigenvalue weighted by Gasteiger charge is 2.12. The minimum atomic E-state index is -0.214. The van der Waals surface area contributed by atoms with Crippen LogP contribution in [0.2, 0.25) is 0 Å². The SMILES string of the molecule is O=C(NCc1coc(-c2ccccc2)n1)c1cccc2ccnn12. The molecule has 0 bridgehead atoms. The van der Waals surface area contributed by atoms with Crippen LogP contribution >= 0.6 is 0 Å². The summed E-state index contributed by atoms with van der Waals surface area (Å²) < 4.78 is 7.07. The van der Waals surface area contributed by atoms with E-state index >= 15 is 0 Å². The molecule has 6 nitrogen and oxygen atoms in total. The second kappa shape index (κ2) is 6.00. The monoisotopic (exact) mass is 318 g/mol. The number of hydrogen-bond acceptors (Lipinski definition) is 4.